The SMILES string of the molecule is Cc1nn(-c2ccccc2)c(C)c1C(=O)Nc1ccn(Cc2ccc(Cl)c(Cl)c2)n1. The first-order chi connectivity index (χ1) is 14.4. The molecule has 152 valence electrons. The van der Waals surface area contributed by atoms with Crippen LogP contribution in [0.2, 0.25) is 10.0 Å². The number of carbonyl (C=O) groups excluding carboxylic acids is 1. The second kappa shape index (κ2) is 8.34. The summed E-state index contributed by atoms with van der Waals surface area (Å²) in [5.41, 5.74) is 3.83. The van der Waals surface area contributed by atoms with E-state index in [2.05, 4.69) is 15.5 Å². The van der Waals surface area contributed by atoms with Gasteiger partial charge in [0.1, 0.15) is 0 Å². The number of carbonyl (C=O) groups is 1. The summed E-state index contributed by atoms with van der Waals surface area (Å²) in [5, 5.41) is 12.8. The van der Waals surface area contributed by atoms with Crippen molar-refractivity contribution in [2.45, 2.75) is 20.4 Å². The van der Waals surface area contributed by atoms with Crippen LogP contribution in [0.5, 0.6) is 0 Å². The zero-order valence-corrected chi connectivity index (χ0v) is 17.9. The number of para-hydroxylation sites is 1. The number of nitrogens with one attached hydrogen (secondary N) is 1. The number of amides is 1. The third-order valence-electron chi connectivity index (χ3n) is 4.73. The van der Waals surface area contributed by atoms with E-state index in [-0.39, 0.29) is 5.91 Å². The van der Waals surface area contributed by atoms with E-state index >= 15 is 0 Å². The highest BCUT2D eigenvalue weighted by Crippen LogP contribution is 2.23. The molecule has 0 saturated carbocycles. The van der Waals surface area contributed by atoms with Crippen molar-refractivity contribution in [3.8, 4) is 5.69 Å². The van der Waals surface area contributed by atoms with E-state index in [1.54, 1.807) is 33.8 Å². The van der Waals surface area contributed by atoms with Crippen LogP contribution in [-0.2, 0) is 6.54 Å². The molecule has 0 unspecified atom stereocenters. The molecule has 0 fully saturated rings. The molecule has 2 aromatic heterocycles. The predicted molar refractivity (Wildman–Crippen MR) is 119 cm³/mol. The number of halogens is 2. The molecule has 0 spiro atoms. The summed E-state index contributed by atoms with van der Waals surface area (Å²) in [6, 6.07) is 16.9. The Morgan fingerprint density at radius 3 is 2.50 bits per heavy atom. The number of benzene rings is 2. The van der Waals surface area contributed by atoms with Crippen molar-refractivity contribution in [1.29, 1.82) is 0 Å². The van der Waals surface area contributed by atoms with Gasteiger partial charge in [-0.05, 0) is 43.7 Å². The van der Waals surface area contributed by atoms with Crippen LogP contribution in [-0.4, -0.2) is 25.5 Å². The topological polar surface area (TPSA) is 64.7 Å². The molecule has 0 saturated heterocycles. The molecular weight excluding hydrogens is 421 g/mol. The Morgan fingerprint density at radius 1 is 1.00 bits per heavy atom. The molecule has 2 aromatic carbocycles. The van der Waals surface area contributed by atoms with E-state index in [1.165, 1.54) is 0 Å². The number of anilines is 1. The largest absolute Gasteiger partial charge is 0.305 e. The summed E-state index contributed by atoms with van der Waals surface area (Å²) in [4.78, 5) is 12.9. The summed E-state index contributed by atoms with van der Waals surface area (Å²) in [7, 11) is 0. The van der Waals surface area contributed by atoms with Crippen molar-refractivity contribution >= 4 is 34.9 Å². The van der Waals surface area contributed by atoms with Crippen LogP contribution >= 0.6 is 23.2 Å². The number of aromatic nitrogens is 4. The van der Waals surface area contributed by atoms with Gasteiger partial charge >= 0.3 is 0 Å². The summed E-state index contributed by atoms with van der Waals surface area (Å²) in [6.45, 7) is 4.21. The monoisotopic (exact) mass is 439 g/mol. The van der Waals surface area contributed by atoms with Crippen LogP contribution in [0, 0.1) is 13.8 Å². The third-order valence-corrected chi connectivity index (χ3v) is 5.47. The predicted octanol–water partition coefficient (Wildman–Crippen LogP) is 5.29. The Labute approximate surface area is 184 Å². The van der Waals surface area contributed by atoms with E-state index in [1.807, 2.05) is 50.2 Å². The van der Waals surface area contributed by atoms with Crippen LogP contribution < -0.4 is 5.32 Å². The molecule has 0 radical (unpaired) electrons. The second-order valence-electron chi connectivity index (χ2n) is 6.89. The van der Waals surface area contributed by atoms with Gasteiger partial charge < -0.3 is 5.32 Å². The smallest absolute Gasteiger partial charge is 0.260 e. The van der Waals surface area contributed by atoms with Crippen molar-refractivity contribution in [3.63, 3.8) is 0 Å². The molecule has 1 amide bonds. The van der Waals surface area contributed by atoms with Crippen LogP contribution in [0.25, 0.3) is 5.69 Å². The Kier molecular flexibility index (Phi) is 5.61. The first-order valence-corrected chi connectivity index (χ1v) is 10.1. The van der Waals surface area contributed by atoms with Gasteiger partial charge in [-0.25, -0.2) is 4.68 Å². The lowest BCUT2D eigenvalue weighted by atomic mass is 10.2. The highest BCUT2D eigenvalue weighted by molar-refractivity contribution is 6.42. The van der Waals surface area contributed by atoms with Crippen LogP contribution in [0.15, 0.2) is 60.8 Å². The summed E-state index contributed by atoms with van der Waals surface area (Å²) < 4.78 is 3.50. The van der Waals surface area contributed by atoms with Crippen LogP contribution in [0.4, 0.5) is 5.82 Å². The highest BCUT2D eigenvalue weighted by Gasteiger charge is 2.20. The highest BCUT2D eigenvalue weighted by atomic mass is 35.5. The molecule has 0 aliphatic rings. The Balaban J connectivity index is 1.51. The molecule has 0 atom stereocenters. The average molecular weight is 440 g/mol. The van der Waals surface area contributed by atoms with E-state index in [0.29, 0.717) is 33.7 Å². The second-order valence-corrected chi connectivity index (χ2v) is 7.71. The number of aryl methyl sites for hydroxylation is 1. The molecule has 8 heteroatoms. The minimum atomic E-state index is -0.244. The minimum Gasteiger partial charge on any atom is -0.305 e. The van der Waals surface area contributed by atoms with Crippen molar-refractivity contribution < 1.29 is 4.79 Å². The molecule has 30 heavy (non-hydrogen) atoms. The van der Waals surface area contributed by atoms with Gasteiger partial charge in [-0.2, -0.15) is 10.2 Å². The fraction of sp³-hybridized carbons (Fsp3) is 0.136. The maximum Gasteiger partial charge on any atom is 0.260 e. The van der Waals surface area contributed by atoms with Gasteiger partial charge in [0.05, 0.1) is 39.2 Å². The molecule has 6 nitrogen and oxygen atoms in total. The minimum absolute atomic E-state index is 0.244. The number of rotatable bonds is 5. The molecule has 2 heterocycles. The van der Waals surface area contributed by atoms with Crippen molar-refractivity contribution in [3.05, 3.63) is 93.4 Å². The van der Waals surface area contributed by atoms with Gasteiger partial charge in [0.25, 0.3) is 5.91 Å². The summed E-state index contributed by atoms with van der Waals surface area (Å²) in [5.74, 6) is 0.221. The Hall–Kier alpha value is -3.09. The lowest BCUT2D eigenvalue weighted by Crippen LogP contribution is -2.15. The number of hydrogen-bond donors (Lipinski definition) is 1. The summed E-state index contributed by atoms with van der Waals surface area (Å²) >= 11 is 12.0. The van der Waals surface area contributed by atoms with Gasteiger partial charge in [-0.1, -0.05) is 47.5 Å². The van der Waals surface area contributed by atoms with Gasteiger partial charge in [0.2, 0.25) is 0 Å². The van der Waals surface area contributed by atoms with E-state index < -0.39 is 0 Å². The van der Waals surface area contributed by atoms with Crippen LogP contribution in [0.3, 0.4) is 0 Å². The van der Waals surface area contributed by atoms with Gasteiger partial charge in [-0.3, -0.25) is 9.48 Å². The number of hydrogen-bond acceptors (Lipinski definition) is 3. The van der Waals surface area contributed by atoms with E-state index in [9.17, 15) is 4.79 Å². The van der Waals surface area contributed by atoms with Gasteiger partial charge in [0.15, 0.2) is 5.82 Å². The van der Waals surface area contributed by atoms with E-state index in [0.717, 1.165) is 16.9 Å². The molecule has 0 bridgehead atoms. The maximum atomic E-state index is 12.9. The zero-order valence-electron chi connectivity index (χ0n) is 16.4. The van der Waals surface area contributed by atoms with Crippen LogP contribution in [0.1, 0.15) is 27.3 Å². The maximum absolute atomic E-state index is 12.9. The van der Waals surface area contributed by atoms with Gasteiger partial charge in [0, 0.05) is 12.3 Å². The van der Waals surface area contributed by atoms with Crippen molar-refractivity contribution in [1.82, 2.24) is 19.6 Å². The fourth-order valence-corrected chi connectivity index (χ4v) is 3.63. The van der Waals surface area contributed by atoms with Gasteiger partial charge in [-0.15, -0.1) is 0 Å². The third kappa shape index (κ3) is 4.10. The zero-order chi connectivity index (χ0) is 21.3. The first kappa shape index (κ1) is 20.2. The molecule has 4 rings (SSSR count). The lowest BCUT2D eigenvalue weighted by molar-refractivity contribution is 0.102. The van der Waals surface area contributed by atoms with E-state index in [4.69, 9.17) is 23.2 Å². The Morgan fingerprint density at radius 2 is 1.77 bits per heavy atom. The normalized spacial score (nSPS) is 10.9. The standard InChI is InChI=1S/C22H19Cl2N5O/c1-14-21(15(2)29(26-14)17-6-4-3-5-7-17)22(30)25-20-10-11-28(27-20)13-16-8-9-18(23)19(24)12-16/h3-12H,13H2,1-2H3,(H,25,27,30). The Bertz CT molecular complexity index is 1210. The first-order valence-electron chi connectivity index (χ1n) is 9.33. The number of nitrogens with zero attached hydrogens (tertiary/aromatic N) is 4. The lowest BCUT2D eigenvalue weighted by Gasteiger charge is -2.06. The summed E-state index contributed by atoms with van der Waals surface area (Å²) in [6.07, 6.45) is 1.80. The fourth-order valence-electron chi connectivity index (χ4n) is 3.31. The molecular formula is C22H19Cl2N5O. The van der Waals surface area contributed by atoms with Crippen molar-refractivity contribution in [2.75, 3.05) is 5.32 Å². The molecule has 0 aliphatic carbocycles. The molecule has 4 aromatic rings. The molecule has 1 N–H and O–H groups in total. The average Bonchev–Trinajstić information content (AvgIpc) is 3.28. The molecule has 0 aliphatic heterocycles. The van der Waals surface area contributed by atoms with Crippen molar-refractivity contribution in [2.24, 2.45) is 0 Å². The quantitative estimate of drug-likeness (QED) is 0.459.